The van der Waals surface area contributed by atoms with Gasteiger partial charge in [0.05, 0.1) is 0 Å². The van der Waals surface area contributed by atoms with E-state index in [9.17, 15) is 9.59 Å². The zero-order valence-corrected chi connectivity index (χ0v) is 10.0. The third kappa shape index (κ3) is 3.45. The highest BCUT2D eigenvalue weighted by Crippen LogP contribution is 2.19. The summed E-state index contributed by atoms with van der Waals surface area (Å²) in [5, 5.41) is 12.0. The van der Waals surface area contributed by atoms with Gasteiger partial charge in [-0.1, -0.05) is 12.2 Å². The molecule has 0 aromatic carbocycles. The van der Waals surface area contributed by atoms with Crippen LogP contribution in [0, 0.1) is 0 Å². The van der Waals surface area contributed by atoms with E-state index >= 15 is 0 Å². The summed E-state index contributed by atoms with van der Waals surface area (Å²) in [6.07, 6.45) is 2.84. The van der Waals surface area contributed by atoms with Crippen molar-refractivity contribution >= 4 is 12.1 Å². The molecule has 96 valence electrons. The minimum atomic E-state index is -1.09. The van der Waals surface area contributed by atoms with Crippen LogP contribution < -0.4 is 5.32 Å². The van der Waals surface area contributed by atoms with Crippen LogP contribution >= 0.6 is 0 Å². The van der Waals surface area contributed by atoms with Gasteiger partial charge in [0.25, 0.3) is 0 Å². The fourth-order valence-corrected chi connectivity index (χ4v) is 1.80. The average Bonchev–Trinajstić information content (AvgIpc) is 2.73. The summed E-state index contributed by atoms with van der Waals surface area (Å²) >= 11 is 0. The van der Waals surface area contributed by atoms with Gasteiger partial charge in [-0.05, 0) is 20.4 Å². The standard InChI is InChI=1S/C11H18N2O4/c1-3-4-5-17-10(14)9-6-8(12-2)7-13(9)11(15)16/h3-4,8-9,12H,5-7H2,1-2H3,(H,15,16)/t8-,9?/m1/s1. The lowest BCUT2D eigenvalue weighted by Crippen LogP contribution is -2.40. The normalized spacial score (nSPS) is 24.2. The number of amides is 1. The number of hydrogen-bond donors (Lipinski definition) is 2. The van der Waals surface area contributed by atoms with E-state index in [1.807, 2.05) is 6.92 Å². The van der Waals surface area contributed by atoms with E-state index in [-0.39, 0.29) is 12.6 Å². The molecule has 1 aliphatic heterocycles. The van der Waals surface area contributed by atoms with E-state index in [2.05, 4.69) is 5.32 Å². The first-order valence-corrected chi connectivity index (χ1v) is 5.54. The van der Waals surface area contributed by atoms with Crippen LogP contribution in [0.3, 0.4) is 0 Å². The second-order valence-corrected chi connectivity index (χ2v) is 3.87. The molecular weight excluding hydrogens is 224 g/mol. The molecule has 0 radical (unpaired) electrons. The fourth-order valence-electron chi connectivity index (χ4n) is 1.80. The lowest BCUT2D eigenvalue weighted by atomic mass is 10.2. The number of allylic oxidation sites excluding steroid dienone is 1. The molecule has 17 heavy (non-hydrogen) atoms. The van der Waals surface area contributed by atoms with Gasteiger partial charge in [0.1, 0.15) is 12.6 Å². The smallest absolute Gasteiger partial charge is 0.408 e. The van der Waals surface area contributed by atoms with Gasteiger partial charge in [0.15, 0.2) is 0 Å². The molecule has 0 aliphatic carbocycles. The monoisotopic (exact) mass is 242 g/mol. The third-order valence-electron chi connectivity index (χ3n) is 2.78. The van der Waals surface area contributed by atoms with Crippen LogP contribution in [0.1, 0.15) is 13.3 Å². The molecule has 1 saturated heterocycles. The predicted octanol–water partition coefficient (Wildman–Crippen LogP) is 0.446. The second-order valence-electron chi connectivity index (χ2n) is 3.87. The maximum atomic E-state index is 11.7. The second kappa shape index (κ2) is 6.24. The first-order chi connectivity index (χ1) is 8.10. The Morgan fingerprint density at radius 1 is 1.59 bits per heavy atom. The Kier molecular flexibility index (Phi) is 4.96. The molecule has 1 unspecified atom stereocenters. The topological polar surface area (TPSA) is 78.9 Å². The number of carboxylic acid groups (broad SMARTS) is 1. The number of hydrogen-bond acceptors (Lipinski definition) is 4. The number of likely N-dealkylation sites (N-methyl/N-ethyl adjacent to an activating group) is 1. The highest BCUT2D eigenvalue weighted by Gasteiger charge is 2.39. The number of nitrogens with one attached hydrogen (secondary N) is 1. The zero-order valence-electron chi connectivity index (χ0n) is 10.0. The molecule has 1 aliphatic rings. The molecule has 0 saturated carbocycles. The fraction of sp³-hybridized carbons (Fsp3) is 0.636. The van der Waals surface area contributed by atoms with Crippen LogP contribution in [-0.4, -0.2) is 54.4 Å². The molecule has 0 bridgehead atoms. The Labute approximate surface area is 100 Å². The first kappa shape index (κ1) is 13.5. The van der Waals surface area contributed by atoms with Crippen molar-refractivity contribution in [1.29, 1.82) is 0 Å². The number of ether oxygens (including phenoxy) is 1. The number of nitrogens with zero attached hydrogens (tertiary/aromatic N) is 1. The Balaban J connectivity index is 2.60. The van der Waals surface area contributed by atoms with Gasteiger partial charge in [0.2, 0.25) is 0 Å². The molecule has 0 spiro atoms. The molecule has 2 N–H and O–H groups in total. The van der Waals surface area contributed by atoms with E-state index < -0.39 is 18.1 Å². The van der Waals surface area contributed by atoms with Crippen molar-refractivity contribution in [3.05, 3.63) is 12.2 Å². The maximum Gasteiger partial charge on any atom is 0.408 e. The largest absolute Gasteiger partial charge is 0.465 e. The number of likely N-dealkylation sites (tertiary alicyclic amines) is 1. The van der Waals surface area contributed by atoms with E-state index in [4.69, 9.17) is 9.84 Å². The molecule has 0 aromatic rings. The van der Waals surface area contributed by atoms with E-state index in [1.54, 1.807) is 19.2 Å². The lowest BCUT2D eigenvalue weighted by Gasteiger charge is -2.19. The molecule has 1 rings (SSSR count). The van der Waals surface area contributed by atoms with E-state index in [0.29, 0.717) is 13.0 Å². The summed E-state index contributed by atoms with van der Waals surface area (Å²) in [6.45, 7) is 2.32. The summed E-state index contributed by atoms with van der Waals surface area (Å²) in [6, 6.07) is -0.694. The summed E-state index contributed by atoms with van der Waals surface area (Å²) in [5.74, 6) is -0.483. The summed E-state index contributed by atoms with van der Waals surface area (Å²) < 4.78 is 4.98. The van der Waals surface area contributed by atoms with Crippen molar-refractivity contribution in [3.63, 3.8) is 0 Å². The number of rotatable bonds is 4. The van der Waals surface area contributed by atoms with Crippen LogP contribution in [0.2, 0.25) is 0 Å². The zero-order chi connectivity index (χ0) is 12.8. The van der Waals surface area contributed by atoms with E-state index in [0.717, 1.165) is 4.90 Å². The highest BCUT2D eigenvalue weighted by molar-refractivity contribution is 5.81. The van der Waals surface area contributed by atoms with Crippen LogP contribution in [0.4, 0.5) is 4.79 Å². The van der Waals surface area contributed by atoms with Crippen LogP contribution in [-0.2, 0) is 9.53 Å². The van der Waals surface area contributed by atoms with Crippen molar-refractivity contribution < 1.29 is 19.4 Å². The molecule has 6 heteroatoms. The van der Waals surface area contributed by atoms with Gasteiger partial charge in [0, 0.05) is 12.6 Å². The van der Waals surface area contributed by atoms with Crippen LogP contribution in [0.5, 0.6) is 0 Å². The van der Waals surface area contributed by atoms with Gasteiger partial charge >= 0.3 is 12.1 Å². The third-order valence-corrected chi connectivity index (χ3v) is 2.78. The minimum Gasteiger partial charge on any atom is -0.465 e. The summed E-state index contributed by atoms with van der Waals surface area (Å²) in [4.78, 5) is 23.8. The molecule has 1 fully saturated rings. The van der Waals surface area contributed by atoms with Crippen LogP contribution in [0.25, 0.3) is 0 Å². The number of esters is 1. The van der Waals surface area contributed by atoms with Gasteiger partial charge in [-0.2, -0.15) is 0 Å². The van der Waals surface area contributed by atoms with Gasteiger partial charge in [-0.15, -0.1) is 0 Å². The first-order valence-electron chi connectivity index (χ1n) is 5.54. The van der Waals surface area contributed by atoms with Crippen LogP contribution in [0.15, 0.2) is 12.2 Å². The molecule has 0 aromatic heterocycles. The molecular formula is C11H18N2O4. The van der Waals surface area contributed by atoms with Gasteiger partial charge in [-0.3, -0.25) is 4.90 Å². The summed E-state index contributed by atoms with van der Waals surface area (Å²) in [7, 11) is 1.75. The molecule has 2 atom stereocenters. The lowest BCUT2D eigenvalue weighted by molar-refractivity contribution is -0.147. The van der Waals surface area contributed by atoms with Crippen molar-refractivity contribution in [2.45, 2.75) is 25.4 Å². The SMILES string of the molecule is CC=CCOC(=O)C1C[C@@H](NC)CN1C(=O)O. The van der Waals surface area contributed by atoms with Crippen molar-refractivity contribution in [3.8, 4) is 0 Å². The average molecular weight is 242 g/mol. The Morgan fingerprint density at radius 2 is 2.29 bits per heavy atom. The van der Waals surface area contributed by atoms with Crippen molar-refractivity contribution in [1.82, 2.24) is 10.2 Å². The predicted molar refractivity (Wildman–Crippen MR) is 61.8 cm³/mol. The highest BCUT2D eigenvalue weighted by atomic mass is 16.5. The van der Waals surface area contributed by atoms with Gasteiger partial charge < -0.3 is 15.2 Å². The molecule has 1 heterocycles. The Bertz CT molecular complexity index is 317. The Hall–Kier alpha value is -1.56. The minimum absolute atomic E-state index is 0.00497. The van der Waals surface area contributed by atoms with Crippen molar-refractivity contribution in [2.75, 3.05) is 20.2 Å². The number of carbonyl (C=O) groups excluding carboxylic acids is 1. The summed E-state index contributed by atoms with van der Waals surface area (Å²) in [5.41, 5.74) is 0. The van der Waals surface area contributed by atoms with Crippen molar-refractivity contribution in [2.24, 2.45) is 0 Å². The molecule has 6 nitrogen and oxygen atoms in total. The Morgan fingerprint density at radius 3 is 2.82 bits per heavy atom. The van der Waals surface area contributed by atoms with Gasteiger partial charge in [-0.25, -0.2) is 9.59 Å². The quantitative estimate of drug-likeness (QED) is 0.552. The molecule has 1 amide bonds. The van der Waals surface area contributed by atoms with E-state index in [1.165, 1.54) is 0 Å². The number of carbonyl (C=O) groups is 2. The maximum absolute atomic E-state index is 11.7.